The van der Waals surface area contributed by atoms with Crippen molar-refractivity contribution in [2.75, 3.05) is 0 Å². The van der Waals surface area contributed by atoms with Gasteiger partial charge in [-0.3, -0.25) is 4.99 Å². The highest BCUT2D eigenvalue weighted by molar-refractivity contribution is 6.06. The van der Waals surface area contributed by atoms with Gasteiger partial charge in [0.05, 0.1) is 11.4 Å². The molecule has 0 fully saturated rings. The van der Waals surface area contributed by atoms with Gasteiger partial charge < -0.3 is 10.1 Å². The van der Waals surface area contributed by atoms with Crippen LogP contribution in [0.2, 0.25) is 0 Å². The van der Waals surface area contributed by atoms with Gasteiger partial charge in [-0.25, -0.2) is 4.79 Å². The second kappa shape index (κ2) is 3.45. The molecule has 1 aliphatic rings. The van der Waals surface area contributed by atoms with E-state index in [-0.39, 0.29) is 0 Å². The fourth-order valence-electron chi connectivity index (χ4n) is 2.40. The number of carboxylic acids is 1. The number of aliphatic carboxylic acids is 1. The predicted octanol–water partition coefficient (Wildman–Crippen LogP) is 1.99. The lowest BCUT2D eigenvalue weighted by atomic mass is 9.98. The summed E-state index contributed by atoms with van der Waals surface area (Å²) in [5.74, 6) is -0.861. The maximum Gasteiger partial charge on any atom is 0.328 e. The molecule has 4 heteroatoms. The van der Waals surface area contributed by atoms with Crippen LogP contribution in [0.5, 0.6) is 0 Å². The molecular formula is C13H12N2O2. The summed E-state index contributed by atoms with van der Waals surface area (Å²) >= 11 is 0. The molecule has 86 valence electrons. The van der Waals surface area contributed by atoms with Crippen LogP contribution in [-0.2, 0) is 11.2 Å². The zero-order valence-corrected chi connectivity index (χ0v) is 9.40. The van der Waals surface area contributed by atoms with Gasteiger partial charge in [0.15, 0.2) is 6.04 Å². The van der Waals surface area contributed by atoms with Crippen LogP contribution in [0, 0.1) is 0 Å². The van der Waals surface area contributed by atoms with Crippen LogP contribution in [0.25, 0.3) is 10.9 Å². The molecule has 0 spiro atoms. The van der Waals surface area contributed by atoms with Gasteiger partial charge in [0.1, 0.15) is 0 Å². The molecule has 0 amide bonds. The number of H-pyrrole nitrogens is 1. The monoisotopic (exact) mass is 228 g/mol. The van der Waals surface area contributed by atoms with Gasteiger partial charge >= 0.3 is 5.97 Å². The van der Waals surface area contributed by atoms with Crippen molar-refractivity contribution in [3.63, 3.8) is 0 Å². The van der Waals surface area contributed by atoms with Gasteiger partial charge in [-0.05, 0) is 18.6 Å². The SMILES string of the molecule is CC1=N[C@H](C(=O)O)Cc2c1[nH]c1ccccc21. The molecule has 4 nitrogen and oxygen atoms in total. The first-order valence-electron chi connectivity index (χ1n) is 5.54. The van der Waals surface area contributed by atoms with Crippen LogP contribution in [0.15, 0.2) is 29.3 Å². The summed E-state index contributed by atoms with van der Waals surface area (Å²) in [7, 11) is 0. The van der Waals surface area contributed by atoms with Crippen LogP contribution >= 0.6 is 0 Å². The average molecular weight is 228 g/mol. The molecule has 2 aromatic rings. The number of para-hydroxylation sites is 1. The molecule has 0 unspecified atom stereocenters. The summed E-state index contributed by atoms with van der Waals surface area (Å²) in [6, 6.07) is 7.29. The van der Waals surface area contributed by atoms with E-state index < -0.39 is 12.0 Å². The zero-order chi connectivity index (χ0) is 12.0. The molecule has 2 N–H and O–H groups in total. The Labute approximate surface area is 98.0 Å². The van der Waals surface area contributed by atoms with Crippen LogP contribution in [-0.4, -0.2) is 27.8 Å². The number of benzene rings is 1. The van der Waals surface area contributed by atoms with E-state index in [1.807, 2.05) is 31.2 Å². The molecule has 0 bridgehead atoms. The van der Waals surface area contributed by atoms with Crippen molar-refractivity contribution < 1.29 is 9.90 Å². The van der Waals surface area contributed by atoms with Crippen LogP contribution in [0.4, 0.5) is 0 Å². The number of carbonyl (C=O) groups is 1. The Bertz CT molecular complexity index is 640. The number of hydrogen-bond acceptors (Lipinski definition) is 2. The Kier molecular flexibility index (Phi) is 2.04. The van der Waals surface area contributed by atoms with E-state index in [1.165, 1.54) is 0 Å². The molecule has 1 aromatic carbocycles. The minimum atomic E-state index is -0.861. The molecule has 3 rings (SSSR count). The molecule has 17 heavy (non-hydrogen) atoms. The van der Waals surface area contributed by atoms with E-state index in [9.17, 15) is 4.79 Å². The highest BCUT2D eigenvalue weighted by Gasteiger charge is 2.26. The number of rotatable bonds is 1. The minimum Gasteiger partial charge on any atom is -0.480 e. The van der Waals surface area contributed by atoms with Gasteiger partial charge in [-0.1, -0.05) is 18.2 Å². The Balaban J connectivity index is 2.23. The summed E-state index contributed by atoms with van der Waals surface area (Å²) < 4.78 is 0. The average Bonchev–Trinajstić information content (AvgIpc) is 2.68. The van der Waals surface area contributed by atoms with E-state index in [0.717, 1.165) is 27.9 Å². The predicted molar refractivity (Wildman–Crippen MR) is 65.6 cm³/mol. The molecule has 1 aromatic heterocycles. The fraction of sp³-hybridized carbons (Fsp3) is 0.231. The highest BCUT2D eigenvalue weighted by Crippen LogP contribution is 2.28. The molecule has 0 saturated carbocycles. The Morgan fingerprint density at radius 2 is 2.24 bits per heavy atom. The van der Waals surface area contributed by atoms with E-state index in [2.05, 4.69) is 9.98 Å². The number of carboxylic acid groups (broad SMARTS) is 1. The van der Waals surface area contributed by atoms with Crippen molar-refractivity contribution in [2.45, 2.75) is 19.4 Å². The van der Waals surface area contributed by atoms with Gasteiger partial charge in [-0.2, -0.15) is 0 Å². The third-order valence-corrected chi connectivity index (χ3v) is 3.21. The molecule has 2 heterocycles. The van der Waals surface area contributed by atoms with Crippen LogP contribution in [0.3, 0.4) is 0 Å². The molecule has 0 aliphatic carbocycles. The number of fused-ring (bicyclic) bond motifs is 3. The number of hydrogen-bond donors (Lipinski definition) is 2. The summed E-state index contributed by atoms with van der Waals surface area (Å²) in [5, 5.41) is 10.2. The van der Waals surface area contributed by atoms with E-state index >= 15 is 0 Å². The number of aromatic nitrogens is 1. The summed E-state index contributed by atoms with van der Waals surface area (Å²) in [6.45, 7) is 1.85. The number of nitrogens with one attached hydrogen (secondary N) is 1. The highest BCUT2D eigenvalue weighted by atomic mass is 16.4. The van der Waals surface area contributed by atoms with E-state index in [4.69, 9.17) is 5.11 Å². The topological polar surface area (TPSA) is 65.4 Å². The van der Waals surface area contributed by atoms with Gasteiger partial charge in [0.2, 0.25) is 0 Å². The lowest BCUT2D eigenvalue weighted by molar-refractivity contribution is -0.138. The van der Waals surface area contributed by atoms with E-state index in [1.54, 1.807) is 0 Å². The van der Waals surface area contributed by atoms with Crippen molar-refractivity contribution in [2.24, 2.45) is 4.99 Å². The largest absolute Gasteiger partial charge is 0.480 e. The Hall–Kier alpha value is -2.10. The standard InChI is InChI=1S/C13H12N2O2/c1-7-12-9(6-11(14-7)13(16)17)8-4-2-3-5-10(8)15-12/h2-5,11,15H,6H2,1H3,(H,16,17)/t11-/m0/s1. The first-order valence-corrected chi connectivity index (χ1v) is 5.54. The van der Waals surface area contributed by atoms with Crippen LogP contribution in [0.1, 0.15) is 18.2 Å². The summed E-state index contributed by atoms with van der Waals surface area (Å²) in [5.41, 5.74) is 3.86. The quantitative estimate of drug-likeness (QED) is 0.783. The third kappa shape index (κ3) is 1.45. The van der Waals surface area contributed by atoms with Crippen molar-refractivity contribution in [3.05, 3.63) is 35.5 Å². The lowest BCUT2D eigenvalue weighted by Crippen LogP contribution is -2.26. The van der Waals surface area contributed by atoms with Crippen LogP contribution < -0.4 is 0 Å². The molecule has 1 atom stereocenters. The van der Waals surface area contributed by atoms with Gasteiger partial charge in [-0.15, -0.1) is 0 Å². The summed E-state index contributed by atoms with van der Waals surface area (Å²) in [6.07, 6.45) is 0.464. The van der Waals surface area contributed by atoms with Crippen molar-refractivity contribution in [1.29, 1.82) is 0 Å². The first-order chi connectivity index (χ1) is 8.16. The van der Waals surface area contributed by atoms with Crippen molar-refractivity contribution in [1.82, 2.24) is 4.98 Å². The number of aromatic amines is 1. The van der Waals surface area contributed by atoms with Gasteiger partial charge in [0, 0.05) is 17.3 Å². The number of aliphatic imine (C=N–C) groups is 1. The smallest absolute Gasteiger partial charge is 0.328 e. The Morgan fingerprint density at radius 1 is 1.47 bits per heavy atom. The fourth-order valence-corrected chi connectivity index (χ4v) is 2.40. The van der Waals surface area contributed by atoms with Crippen molar-refractivity contribution >= 4 is 22.6 Å². The Morgan fingerprint density at radius 3 is 3.00 bits per heavy atom. The lowest BCUT2D eigenvalue weighted by Gasteiger charge is -2.16. The normalized spacial score (nSPS) is 18.9. The molecule has 0 saturated heterocycles. The second-order valence-electron chi connectivity index (χ2n) is 4.30. The molecular weight excluding hydrogens is 216 g/mol. The van der Waals surface area contributed by atoms with Gasteiger partial charge in [0.25, 0.3) is 0 Å². The number of nitrogens with zero attached hydrogens (tertiary/aromatic N) is 1. The minimum absolute atomic E-state index is 0.464. The van der Waals surface area contributed by atoms with E-state index in [0.29, 0.717) is 6.42 Å². The molecule has 1 aliphatic heterocycles. The zero-order valence-electron chi connectivity index (χ0n) is 9.40. The van der Waals surface area contributed by atoms with Crippen molar-refractivity contribution in [3.8, 4) is 0 Å². The third-order valence-electron chi connectivity index (χ3n) is 3.21. The molecule has 0 radical (unpaired) electrons. The summed E-state index contributed by atoms with van der Waals surface area (Å²) in [4.78, 5) is 18.6. The second-order valence-corrected chi connectivity index (χ2v) is 4.30. The maximum atomic E-state index is 11.1. The first kappa shape index (κ1) is 10.1. The maximum absolute atomic E-state index is 11.1.